The molecule has 1 heterocycles. The largest absolute Gasteiger partial charge is 0.508 e. The Kier molecular flexibility index (Phi) is 3.03. The first-order valence-electron chi connectivity index (χ1n) is 4.99. The van der Waals surface area contributed by atoms with Crippen molar-refractivity contribution in [2.45, 2.75) is 12.1 Å². The van der Waals surface area contributed by atoms with Gasteiger partial charge in [0.15, 0.2) is 0 Å². The van der Waals surface area contributed by atoms with Crippen molar-refractivity contribution in [3.63, 3.8) is 0 Å². The van der Waals surface area contributed by atoms with Gasteiger partial charge < -0.3 is 15.3 Å². The second kappa shape index (κ2) is 4.32. The maximum Gasteiger partial charge on any atom is 0.416 e. The van der Waals surface area contributed by atoms with Gasteiger partial charge >= 0.3 is 18.1 Å². The van der Waals surface area contributed by atoms with Crippen LogP contribution in [0.1, 0.15) is 17.0 Å². The number of aromatic hydroxyl groups is 1. The van der Waals surface area contributed by atoms with Gasteiger partial charge in [0.2, 0.25) is 0 Å². The number of nitrogens with zero attached hydrogens (tertiary/aromatic N) is 2. The molecule has 0 atom stereocenters. The quantitative estimate of drug-likeness (QED) is 0.831. The fourth-order valence-corrected chi connectivity index (χ4v) is 1.44. The van der Waals surface area contributed by atoms with Gasteiger partial charge in [0.1, 0.15) is 5.75 Å². The van der Waals surface area contributed by atoms with Crippen molar-refractivity contribution < 1.29 is 31.5 Å². The molecule has 0 amide bonds. The minimum atomic E-state index is -4.89. The smallest absolute Gasteiger partial charge is 0.416 e. The number of benzene rings is 1. The van der Waals surface area contributed by atoms with Crippen molar-refractivity contribution in [3.05, 3.63) is 35.2 Å². The van der Waals surface area contributed by atoms with E-state index in [2.05, 4.69) is 14.6 Å². The van der Waals surface area contributed by atoms with E-state index in [1.54, 1.807) is 0 Å². The summed E-state index contributed by atoms with van der Waals surface area (Å²) in [6.45, 7) is 0. The van der Waals surface area contributed by atoms with Gasteiger partial charge in [-0.3, -0.25) is 0 Å². The Labute approximate surface area is 107 Å². The molecular formula is C10H6F5N3O2. The van der Waals surface area contributed by atoms with Gasteiger partial charge in [0.25, 0.3) is 5.89 Å². The Morgan fingerprint density at radius 3 is 2.10 bits per heavy atom. The van der Waals surface area contributed by atoms with Crippen molar-refractivity contribution in [2.24, 2.45) is 0 Å². The monoisotopic (exact) mass is 295 g/mol. The van der Waals surface area contributed by atoms with Crippen LogP contribution in [0, 0.1) is 0 Å². The zero-order valence-electron chi connectivity index (χ0n) is 9.45. The summed E-state index contributed by atoms with van der Waals surface area (Å²) in [5.41, 5.74) is 2.40. The number of nitrogens with two attached hydrogens (primary N) is 1. The Morgan fingerprint density at radius 1 is 1.00 bits per heavy atom. The molecule has 0 radical (unpaired) electrons. The van der Waals surface area contributed by atoms with Gasteiger partial charge in [0.05, 0.1) is 5.56 Å². The van der Waals surface area contributed by atoms with E-state index in [0.29, 0.717) is 12.1 Å². The molecule has 0 aliphatic carbocycles. The molecule has 0 fully saturated rings. The van der Waals surface area contributed by atoms with Gasteiger partial charge in [0, 0.05) is 5.56 Å². The number of aromatic nitrogens is 2. The summed E-state index contributed by atoms with van der Waals surface area (Å²) in [5, 5.41) is 15.1. The number of halogens is 5. The number of hydrogen-bond donors (Lipinski definition) is 2. The summed E-state index contributed by atoms with van der Waals surface area (Å²) < 4.78 is 69.7. The molecule has 0 bridgehead atoms. The predicted octanol–water partition coefficient (Wildman–Crippen LogP) is 2.52. The zero-order valence-corrected chi connectivity index (χ0v) is 9.45. The first kappa shape index (κ1) is 14.0. The lowest BCUT2D eigenvalue weighted by Crippen LogP contribution is -2.17. The summed E-state index contributed by atoms with van der Waals surface area (Å²) in [6.07, 6.45) is -4.89. The third kappa shape index (κ3) is 2.49. The highest BCUT2D eigenvalue weighted by atomic mass is 19.4. The number of hydrogen-bond acceptors (Lipinski definition) is 5. The highest BCUT2D eigenvalue weighted by molar-refractivity contribution is 5.39. The molecule has 2 rings (SSSR count). The third-order valence-electron chi connectivity index (χ3n) is 2.32. The van der Waals surface area contributed by atoms with Gasteiger partial charge in [-0.1, -0.05) is 5.10 Å². The summed E-state index contributed by atoms with van der Waals surface area (Å²) in [6, 6.07) is 0.313. The van der Waals surface area contributed by atoms with E-state index in [-0.39, 0.29) is 6.07 Å². The van der Waals surface area contributed by atoms with E-state index in [4.69, 9.17) is 10.8 Å². The van der Waals surface area contributed by atoms with Crippen LogP contribution in [-0.2, 0) is 12.1 Å². The molecule has 0 aliphatic heterocycles. The molecule has 0 saturated carbocycles. The Balaban J connectivity index is 2.54. The first-order valence-corrected chi connectivity index (χ1v) is 4.99. The maximum atomic E-state index is 13.9. The van der Waals surface area contributed by atoms with Crippen molar-refractivity contribution in [1.29, 1.82) is 0 Å². The standard InChI is InChI=1S/C10H6F5N3O2/c11-9(12,7-17-18-8(16)20-7)4-1-5(10(13,14)15)3-6(19)2-4/h1-3,19H,(H2,16,18). The van der Waals surface area contributed by atoms with Crippen molar-refractivity contribution in [2.75, 3.05) is 5.73 Å². The molecule has 1 aromatic heterocycles. The molecule has 0 unspecified atom stereocenters. The third-order valence-corrected chi connectivity index (χ3v) is 2.32. The van der Waals surface area contributed by atoms with Crippen molar-refractivity contribution in [3.8, 4) is 5.75 Å². The molecule has 5 nitrogen and oxygen atoms in total. The van der Waals surface area contributed by atoms with Crippen LogP contribution in [0.5, 0.6) is 5.75 Å². The average Bonchev–Trinajstić information content (AvgIpc) is 2.74. The predicted molar refractivity (Wildman–Crippen MR) is 54.8 cm³/mol. The van der Waals surface area contributed by atoms with Crippen LogP contribution in [0.2, 0.25) is 0 Å². The minimum absolute atomic E-state index is 0.181. The maximum absolute atomic E-state index is 13.9. The molecule has 108 valence electrons. The Morgan fingerprint density at radius 2 is 1.60 bits per heavy atom. The second-order valence-corrected chi connectivity index (χ2v) is 3.79. The van der Waals surface area contributed by atoms with Crippen molar-refractivity contribution >= 4 is 6.01 Å². The number of phenolic OH excluding ortho intramolecular Hbond substituents is 1. The SMILES string of the molecule is Nc1nnc(C(F)(F)c2cc(O)cc(C(F)(F)F)c2)o1. The molecule has 0 aliphatic rings. The topological polar surface area (TPSA) is 85.2 Å². The van der Waals surface area contributed by atoms with Crippen LogP contribution >= 0.6 is 0 Å². The van der Waals surface area contributed by atoms with Crippen LogP contribution in [-0.4, -0.2) is 15.3 Å². The highest BCUT2D eigenvalue weighted by Crippen LogP contribution is 2.40. The molecule has 0 spiro atoms. The van der Waals surface area contributed by atoms with Crippen molar-refractivity contribution in [1.82, 2.24) is 10.2 Å². The normalized spacial score (nSPS) is 12.7. The van der Waals surface area contributed by atoms with E-state index in [1.807, 2.05) is 0 Å². The number of nitrogen functional groups attached to an aromatic ring is 1. The molecular weight excluding hydrogens is 289 g/mol. The summed E-state index contributed by atoms with van der Waals surface area (Å²) in [4.78, 5) is 0. The number of phenols is 1. The van der Waals surface area contributed by atoms with Gasteiger partial charge in [-0.25, -0.2) is 0 Å². The van der Waals surface area contributed by atoms with E-state index >= 15 is 0 Å². The molecule has 20 heavy (non-hydrogen) atoms. The number of alkyl halides is 5. The van der Waals surface area contributed by atoms with Crippen LogP contribution in [0.3, 0.4) is 0 Å². The lowest BCUT2D eigenvalue weighted by Gasteiger charge is -2.15. The van der Waals surface area contributed by atoms with Gasteiger partial charge in [-0.15, -0.1) is 5.10 Å². The van der Waals surface area contributed by atoms with Crippen LogP contribution < -0.4 is 5.73 Å². The van der Waals surface area contributed by atoms with Crippen LogP contribution in [0.25, 0.3) is 0 Å². The summed E-state index contributed by atoms with van der Waals surface area (Å²) in [5.74, 6) is -6.26. The lowest BCUT2D eigenvalue weighted by atomic mass is 10.0. The first-order chi connectivity index (χ1) is 9.10. The Bertz CT molecular complexity index is 638. The fraction of sp³-hybridized carbons (Fsp3) is 0.200. The number of rotatable bonds is 2. The number of anilines is 1. The van der Waals surface area contributed by atoms with E-state index in [0.717, 1.165) is 0 Å². The summed E-state index contributed by atoms with van der Waals surface area (Å²) >= 11 is 0. The van der Waals surface area contributed by atoms with Crippen LogP contribution in [0.15, 0.2) is 22.6 Å². The van der Waals surface area contributed by atoms with E-state index in [1.165, 1.54) is 0 Å². The molecule has 2 aromatic rings. The Hall–Kier alpha value is -2.39. The molecule has 10 heteroatoms. The van der Waals surface area contributed by atoms with Gasteiger partial charge in [-0.05, 0) is 18.2 Å². The van der Waals surface area contributed by atoms with Gasteiger partial charge in [-0.2, -0.15) is 22.0 Å². The summed E-state index contributed by atoms with van der Waals surface area (Å²) in [7, 11) is 0. The molecule has 3 N–H and O–H groups in total. The van der Waals surface area contributed by atoms with Crippen LogP contribution in [0.4, 0.5) is 28.0 Å². The molecule has 1 aromatic carbocycles. The fourth-order valence-electron chi connectivity index (χ4n) is 1.44. The average molecular weight is 295 g/mol. The van der Waals surface area contributed by atoms with E-state index < -0.39 is 40.9 Å². The molecule has 0 saturated heterocycles. The van der Waals surface area contributed by atoms with E-state index in [9.17, 15) is 22.0 Å². The highest BCUT2D eigenvalue weighted by Gasteiger charge is 2.42. The minimum Gasteiger partial charge on any atom is -0.508 e. The zero-order chi connectivity index (χ0) is 15.1. The second-order valence-electron chi connectivity index (χ2n) is 3.79. The lowest BCUT2D eigenvalue weighted by molar-refractivity contribution is -0.137.